The number of carbonyl (C=O) groups is 2. The standard InChI is InChI=1S/C13H16ClFN2O3/c1-2-9(18)5-6-16-12(19)13(20)17-11-7-8(15)3-4-10(11)14/h3-4,7,9,18H,2,5-6H2,1H3,(H,16,19)(H,17,20). The van der Waals surface area contributed by atoms with Gasteiger partial charge in [0.2, 0.25) is 0 Å². The molecule has 3 N–H and O–H groups in total. The van der Waals surface area contributed by atoms with Gasteiger partial charge in [0.05, 0.1) is 16.8 Å². The van der Waals surface area contributed by atoms with Gasteiger partial charge >= 0.3 is 11.8 Å². The lowest BCUT2D eigenvalue weighted by Crippen LogP contribution is -2.36. The van der Waals surface area contributed by atoms with Gasteiger partial charge in [0.25, 0.3) is 0 Å². The van der Waals surface area contributed by atoms with Crippen LogP contribution in [0.1, 0.15) is 19.8 Å². The minimum absolute atomic E-state index is 0.0282. The van der Waals surface area contributed by atoms with Crippen molar-refractivity contribution in [3.8, 4) is 0 Å². The molecule has 0 aromatic heterocycles. The predicted molar refractivity (Wildman–Crippen MR) is 74.0 cm³/mol. The first-order valence-electron chi connectivity index (χ1n) is 6.16. The summed E-state index contributed by atoms with van der Waals surface area (Å²) in [7, 11) is 0. The summed E-state index contributed by atoms with van der Waals surface area (Å²) in [6.07, 6.45) is 0.410. The van der Waals surface area contributed by atoms with Gasteiger partial charge in [0.1, 0.15) is 5.82 Å². The molecular formula is C13H16ClFN2O3. The van der Waals surface area contributed by atoms with Crippen LogP contribution in [0.4, 0.5) is 10.1 Å². The lowest BCUT2D eigenvalue weighted by molar-refractivity contribution is -0.136. The zero-order valence-corrected chi connectivity index (χ0v) is 11.7. The lowest BCUT2D eigenvalue weighted by atomic mass is 10.2. The van der Waals surface area contributed by atoms with Crippen LogP contribution < -0.4 is 10.6 Å². The van der Waals surface area contributed by atoms with Crippen LogP contribution in [0.15, 0.2) is 18.2 Å². The first kappa shape index (κ1) is 16.4. The number of hydrogen-bond donors (Lipinski definition) is 3. The van der Waals surface area contributed by atoms with Gasteiger partial charge in [-0.15, -0.1) is 0 Å². The number of halogens is 2. The van der Waals surface area contributed by atoms with E-state index in [4.69, 9.17) is 11.6 Å². The highest BCUT2D eigenvalue weighted by molar-refractivity contribution is 6.41. The van der Waals surface area contributed by atoms with Crippen molar-refractivity contribution >= 4 is 29.1 Å². The van der Waals surface area contributed by atoms with Crippen LogP contribution in [0.3, 0.4) is 0 Å². The first-order chi connectivity index (χ1) is 9.43. The van der Waals surface area contributed by atoms with Crippen LogP contribution in [-0.2, 0) is 9.59 Å². The second kappa shape index (κ2) is 7.81. The molecule has 0 saturated carbocycles. The highest BCUT2D eigenvalue weighted by Crippen LogP contribution is 2.22. The molecule has 0 aliphatic rings. The summed E-state index contributed by atoms with van der Waals surface area (Å²) in [6.45, 7) is 1.99. The Kier molecular flexibility index (Phi) is 6.41. The molecule has 0 aliphatic carbocycles. The fourth-order valence-corrected chi connectivity index (χ4v) is 1.57. The van der Waals surface area contributed by atoms with Crippen molar-refractivity contribution in [1.82, 2.24) is 5.32 Å². The molecule has 0 fully saturated rings. The molecule has 1 unspecified atom stereocenters. The zero-order chi connectivity index (χ0) is 15.1. The Morgan fingerprint density at radius 3 is 2.75 bits per heavy atom. The Morgan fingerprint density at radius 1 is 1.40 bits per heavy atom. The third kappa shape index (κ3) is 5.14. The van der Waals surface area contributed by atoms with E-state index in [1.54, 1.807) is 0 Å². The maximum Gasteiger partial charge on any atom is 0.313 e. The molecule has 0 bridgehead atoms. The van der Waals surface area contributed by atoms with Crippen LogP contribution in [0.2, 0.25) is 5.02 Å². The Bertz CT molecular complexity index is 497. The van der Waals surface area contributed by atoms with Crippen LogP contribution in [-0.4, -0.2) is 29.6 Å². The second-order valence-electron chi connectivity index (χ2n) is 4.18. The van der Waals surface area contributed by atoms with Gasteiger partial charge in [0.15, 0.2) is 0 Å². The minimum Gasteiger partial charge on any atom is -0.393 e. The van der Waals surface area contributed by atoms with E-state index in [0.29, 0.717) is 12.8 Å². The lowest BCUT2D eigenvalue weighted by Gasteiger charge is -2.09. The number of aliphatic hydroxyl groups excluding tert-OH is 1. The topological polar surface area (TPSA) is 78.4 Å². The van der Waals surface area contributed by atoms with Gasteiger partial charge in [-0.3, -0.25) is 9.59 Å². The van der Waals surface area contributed by atoms with Gasteiger partial charge in [-0.1, -0.05) is 18.5 Å². The molecule has 0 radical (unpaired) electrons. The summed E-state index contributed by atoms with van der Waals surface area (Å²) < 4.78 is 13.0. The fourth-order valence-electron chi connectivity index (χ4n) is 1.41. The Morgan fingerprint density at radius 2 is 2.10 bits per heavy atom. The molecule has 110 valence electrons. The third-order valence-corrected chi connectivity index (χ3v) is 2.95. The highest BCUT2D eigenvalue weighted by Gasteiger charge is 2.15. The van der Waals surface area contributed by atoms with Crippen molar-refractivity contribution in [3.63, 3.8) is 0 Å². The van der Waals surface area contributed by atoms with Crippen molar-refractivity contribution in [2.45, 2.75) is 25.9 Å². The molecule has 2 amide bonds. The largest absolute Gasteiger partial charge is 0.393 e. The monoisotopic (exact) mass is 302 g/mol. The summed E-state index contributed by atoms with van der Waals surface area (Å²) in [4.78, 5) is 23.0. The molecule has 1 aromatic carbocycles. The molecule has 1 rings (SSSR count). The number of nitrogens with one attached hydrogen (secondary N) is 2. The maximum atomic E-state index is 13.0. The van der Waals surface area contributed by atoms with Crippen molar-refractivity contribution < 1.29 is 19.1 Å². The van der Waals surface area contributed by atoms with Crippen molar-refractivity contribution in [2.24, 2.45) is 0 Å². The number of rotatable bonds is 5. The van der Waals surface area contributed by atoms with Crippen LogP contribution in [0.25, 0.3) is 0 Å². The van der Waals surface area contributed by atoms with E-state index < -0.39 is 23.7 Å². The Labute approximate surface area is 121 Å². The average Bonchev–Trinajstić information content (AvgIpc) is 2.42. The van der Waals surface area contributed by atoms with Gasteiger partial charge in [-0.05, 0) is 31.0 Å². The number of amides is 2. The molecule has 5 nitrogen and oxygen atoms in total. The van der Waals surface area contributed by atoms with Crippen molar-refractivity contribution in [1.29, 1.82) is 0 Å². The van der Waals surface area contributed by atoms with E-state index in [0.717, 1.165) is 12.1 Å². The molecule has 0 saturated heterocycles. The number of aliphatic hydroxyl groups is 1. The highest BCUT2D eigenvalue weighted by atomic mass is 35.5. The fraction of sp³-hybridized carbons (Fsp3) is 0.385. The number of anilines is 1. The number of hydrogen-bond acceptors (Lipinski definition) is 3. The van der Waals surface area contributed by atoms with E-state index in [-0.39, 0.29) is 17.3 Å². The van der Waals surface area contributed by atoms with E-state index in [1.807, 2.05) is 6.92 Å². The molecule has 0 spiro atoms. The van der Waals surface area contributed by atoms with E-state index in [9.17, 15) is 19.1 Å². The van der Waals surface area contributed by atoms with Crippen molar-refractivity contribution in [3.05, 3.63) is 29.0 Å². The summed E-state index contributed by atoms with van der Waals surface area (Å²) in [5.74, 6) is -2.38. The summed E-state index contributed by atoms with van der Waals surface area (Å²) >= 11 is 5.76. The molecule has 7 heteroatoms. The van der Waals surface area contributed by atoms with Crippen LogP contribution >= 0.6 is 11.6 Å². The van der Waals surface area contributed by atoms with Gasteiger partial charge in [-0.2, -0.15) is 0 Å². The van der Waals surface area contributed by atoms with Crippen LogP contribution in [0, 0.1) is 5.82 Å². The first-order valence-corrected chi connectivity index (χ1v) is 6.54. The van der Waals surface area contributed by atoms with Crippen LogP contribution in [0.5, 0.6) is 0 Å². The van der Waals surface area contributed by atoms with Crippen molar-refractivity contribution in [2.75, 3.05) is 11.9 Å². The quantitative estimate of drug-likeness (QED) is 0.724. The molecular weight excluding hydrogens is 287 g/mol. The second-order valence-corrected chi connectivity index (χ2v) is 4.59. The van der Waals surface area contributed by atoms with Gasteiger partial charge < -0.3 is 15.7 Å². The van der Waals surface area contributed by atoms with Gasteiger partial charge in [0, 0.05) is 6.54 Å². The van der Waals surface area contributed by atoms with E-state index in [2.05, 4.69) is 10.6 Å². The average molecular weight is 303 g/mol. The number of benzene rings is 1. The maximum absolute atomic E-state index is 13.0. The number of carbonyl (C=O) groups excluding carboxylic acids is 2. The van der Waals surface area contributed by atoms with Gasteiger partial charge in [-0.25, -0.2) is 4.39 Å². The normalized spacial score (nSPS) is 11.8. The summed E-state index contributed by atoms with van der Waals surface area (Å²) in [5.41, 5.74) is 0.0282. The summed E-state index contributed by atoms with van der Waals surface area (Å²) in [5, 5.41) is 14.0. The molecule has 20 heavy (non-hydrogen) atoms. The molecule has 0 aliphatic heterocycles. The summed E-state index contributed by atoms with van der Waals surface area (Å²) in [6, 6.07) is 3.45. The Balaban J connectivity index is 2.49. The SMILES string of the molecule is CCC(O)CCNC(=O)C(=O)Nc1cc(F)ccc1Cl. The minimum atomic E-state index is -0.941. The third-order valence-electron chi connectivity index (χ3n) is 2.62. The Hall–Kier alpha value is -1.66. The van der Waals surface area contributed by atoms with E-state index in [1.165, 1.54) is 6.07 Å². The van der Waals surface area contributed by atoms with E-state index >= 15 is 0 Å². The molecule has 1 aromatic rings. The molecule has 1 atom stereocenters. The predicted octanol–water partition coefficient (Wildman–Crippen LogP) is 1.69. The molecule has 0 heterocycles. The smallest absolute Gasteiger partial charge is 0.313 e. The zero-order valence-electron chi connectivity index (χ0n) is 11.0.